The van der Waals surface area contributed by atoms with Crippen LogP contribution in [0.2, 0.25) is 0 Å². The first kappa shape index (κ1) is 14.8. The molecule has 15 heavy (non-hydrogen) atoms. The van der Waals surface area contributed by atoms with Crippen LogP contribution >= 0.6 is 11.8 Å². The minimum atomic E-state index is 0.0234. The zero-order valence-corrected chi connectivity index (χ0v) is 11.5. The van der Waals surface area contributed by atoms with Gasteiger partial charge in [0.15, 0.2) is 0 Å². The van der Waals surface area contributed by atoms with E-state index in [1.54, 1.807) is 0 Å². The minimum absolute atomic E-state index is 0.0234. The average molecular weight is 228 g/mol. The maximum Gasteiger partial charge on any atom is 0.215 e. The Morgan fingerprint density at radius 2 is 1.87 bits per heavy atom. The van der Waals surface area contributed by atoms with E-state index in [-0.39, 0.29) is 9.86 Å². The van der Waals surface area contributed by atoms with Gasteiger partial charge in [0.1, 0.15) is 0 Å². The quantitative estimate of drug-likeness (QED) is 0.506. The highest BCUT2D eigenvalue weighted by molar-refractivity contribution is 8.15. The second kappa shape index (κ2) is 7.10. The molecule has 0 aromatic heterocycles. The van der Waals surface area contributed by atoms with Crippen LogP contribution in [-0.4, -0.2) is 9.86 Å². The minimum Gasteiger partial charge on any atom is -0.282 e. The fourth-order valence-electron chi connectivity index (χ4n) is 1.15. The van der Waals surface area contributed by atoms with E-state index in [2.05, 4.69) is 33.8 Å². The Kier molecular flexibility index (Phi) is 6.99. The first-order chi connectivity index (χ1) is 6.87. The van der Waals surface area contributed by atoms with Crippen molar-refractivity contribution in [1.82, 2.24) is 0 Å². The summed E-state index contributed by atoms with van der Waals surface area (Å²) in [5.74, 6) is 0. The largest absolute Gasteiger partial charge is 0.282 e. The molecule has 0 bridgehead atoms. The van der Waals surface area contributed by atoms with Crippen LogP contribution in [0.15, 0.2) is 11.6 Å². The first-order valence-corrected chi connectivity index (χ1v) is 6.58. The lowest BCUT2D eigenvalue weighted by molar-refractivity contribution is -0.107. The summed E-state index contributed by atoms with van der Waals surface area (Å²) >= 11 is 1.42. The third kappa shape index (κ3) is 8.73. The second-order valence-electron chi connectivity index (χ2n) is 4.88. The number of carbonyl (C=O) groups is 1. The SMILES string of the molecule is CCCCC/C=C(/C)C(=O)SC(C)(C)C. The van der Waals surface area contributed by atoms with Gasteiger partial charge in [-0.1, -0.05) is 58.4 Å². The molecule has 0 saturated carbocycles. The number of thioether (sulfide) groups is 1. The van der Waals surface area contributed by atoms with Gasteiger partial charge >= 0.3 is 0 Å². The fourth-order valence-corrected chi connectivity index (χ4v) is 1.96. The van der Waals surface area contributed by atoms with E-state index in [4.69, 9.17) is 0 Å². The predicted octanol–water partition coefficient (Wildman–Crippen LogP) is 4.57. The van der Waals surface area contributed by atoms with Crippen LogP contribution in [0, 0.1) is 0 Å². The predicted molar refractivity (Wildman–Crippen MR) is 70.3 cm³/mol. The monoisotopic (exact) mass is 228 g/mol. The standard InChI is InChI=1S/C13H24OS/c1-6-7-8-9-10-11(2)12(14)15-13(3,4)5/h10H,6-9H2,1-5H3/b11-10-. The van der Waals surface area contributed by atoms with Gasteiger partial charge in [0, 0.05) is 4.75 Å². The lowest BCUT2D eigenvalue weighted by Crippen LogP contribution is -2.12. The molecule has 0 amide bonds. The van der Waals surface area contributed by atoms with Crippen molar-refractivity contribution in [2.75, 3.05) is 0 Å². The van der Waals surface area contributed by atoms with Crippen molar-refractivity contribution in [2.24, 2.45) is 0 Å². The maximum atomic E-state index is 11.7. The van der Waals surface area contributed by atoms with E-state index >= 15 is 0 Å². The Morgan fingerprint density at radius 3 is 2.33 bits per heavy atom. The molecule has 0 aliphatic carbocycles. The van der Waals surface area contributed by atoms with Gasteiger partial charge in [0.05, 0.1) is 0 Å². The molecule has 0 rings (SSSR count). The van der Waals surface area contributed by atoms with Crippen LogP contribution in [0.1, 0.15) is 60.3 Å². The maximum absolute atomic E-state index is 11.7. The topological polar surface area (TPSA) is 17.1 Å². The first-order valence-electron chi connectivity index (χ1n) is 5.77. The van der Waals surface area contributed by atoms with Crippen molar-refractivity contribution < 1.29 is 4.79 Å². The lowest BCUT2D eigenvalue weighted by Gasteiger charge is -2.16. The molecule has 0 N–H and O–H groups in total. The summed E-state index contributed by atoms with van der Waals surface area (Å²) in [6.45, 7) is 10.3. The average Bonchev–Trinajstić information content (AvgIpc) is 2.09. The van der Waals surface area contributed by atoms with Gasteiger partial charge < -0.3 is 0 Å². The number of rotatable bonds is 5. The third-order valence-electron chi connectivity index (χ3n) is 1.98. The number of unbranched alkanes of at least 4 members (excludes halogenated alkanes) is 3. The van der Waals surface area contributed by atoms with Crippen molar-refractivity contribution in [2.45, 2.75) is 65.0 Å². The van der Waals surface area contributed by atoms with Crippen molar-refractivity contribution in [3.63, 3.8) is 0 Å². The number of hydrogen-bond donors (Lipinski definition) is 0. The van der Waals surface area contributed by atoms with Crippen molar-refractivity contribution in [3.05, 3.63) is 11.6 Å². The molecule has 0 radical (unpaired) electrons. The Morgan fingerprint density at radius 1 is 1.27 bits per heavy atom. The van der Waals surface area contributed by atoms with Crippen LogP contribution in [0.25, 0.3) is 0 Å². The molecule has 1 nitrogen and oxygen atoms in total. The molecule has 0 aliphatic rings. The van der Waals surface area contributed by atoms with E-state index in [0.717, 1.165) is 12.0 Å². The summed E-state index contributed by atoms with van der Waals surface area (Å²) < 4.78 is 0.0234. The Bertz CT molecular complexity index is 223. The highest BCUT2D eigenvalue weighted by Crippen LogP contribution is 2.26. The molecule has 0 fully saturated rings. The van der Waals surface area contributed by atoms with E-state index in [9.17, 15) is 4.79 Å². The molecule has 0 heterocycles. The summed E-state index contributed by atoms with van der Waals surface area (Å²) in [5.41, 5.74) is 0.908. The zero-order chi connectivity index (χ0) is 11.9. The molecule has 0 spiro atoms. The highest BCUT2D eigenvalue weighted by Gasteiger charge is 2.17. The van der Waals surface area contributed by atoms with E-state index in [1.165, 1.54) is 31.0 Å². The van der Waals surface area contributed by atoms with E-state index in [0.29, 0.717) is 0 Å². The summed E-state index contributed by atoms with van der Waals surface area (Å²) in [5, 5.41) is 0.221. The van der Waals surface area contributed by atoms with Crippen LogP contribution in [0.5, 0.6) is 0 Å². The van der Waals surface area contributed by atoms with Crippen LogP contribution < -0.4 is 0 Å². The molecule has 0 aromatic rings. The molecular weight excluding hydrogens is 204 g/mol. The zero-order valence-electron chi connectivity index (χ0n) is 10.7. The summed E-state index contributed by atoms with van der Waals surface area (Å²) in [4.78, 5) is 11.7. The molecule has 0 aliphatic heterocycles. The van der Waals surface area contributed by atoms with Crippen molar-refractivity contribution in [1.29, 1.82) is 0 Å². The summed E-state index contributed by atoms with van der Waals surface area (Å²) in [7, 11) is 0. The smallest absolute Gasteiger partial charge is 0.215 e. The summed E-state index contributed by atoms with van der Waals surface area (Å²) in [6, 6.07) is 0. The number of carbonyl (C=O) groups excluding carboxylic acids is 1. The molecule has 0 atom stereocenters. The van der Waals surface area contributed by atoms with Gasteiger partial charge in [-0.25, -0.2) is 0 Å². The van der Waals surface area contributed by atoms with Gasteiger partial charge in [0.2, 0.25) is 5.12 Å². The van der Waals surface area contributed by atoms with Crippen LogP contribution in [0.3, 0.4) is 0 Å². The normalized spacial score (nSPS) is 13.0. The molecule has 0 aromatic carbocycles. The Hall–Kier alpha value is -0.240. The third-order valence-corrected chi connectivity index (χ3v) is 3.10. The van der Waals surface area contributed by atoms with E-state index < -0.39 is 0 Å². The number of allylic oxidation sites excluding steroid dienone is 1. The van der Waals surface area contributed by atoms with Crippen LogP contribution in [-0.2, 0) is 4.79 Å². The van der Waals surface area contributed by atoms with Gasteiger partial charge in [-0.2, -0.15) is 0 Å². The fraction of sp³-hybridized carbons (Fsp3) is 0.769. The summed E-state index contributed by atoms with van der Waals surface area (Å²) in [6.07, 6.45) is 6.80. The lowest BCUT2D eigenvalue weighted by atomic mass is 10.1. The van der Waals surface area contributed by atoms with Gasteiger partial charge in [-0.3, -0.25) is 4.79 Å². The molecule has 0 unspecified atom stereocenters. The van der Waals surface area contributed by atoms with Gasteiger partial charge in [0.25, 0.3) is 0 Å². The molecule has 88 valence electrons. The highest BCUT2D eigenvalue weighted by atomic mass is 32.2. The molecule has 0 saturated heterocycles. The Balaban J connectivity index is 3.97. The van der Waals surface area contributed by atoms with E-state index in [1.807, 2.05) is 6.92 Å². The molecular formula is C13H24OS. The van der Waals surface area contributed by atoms with Gasteiger partial charge in [-0.15, -0.1) is 0 Å². The number of hydrogen-bond acceptors (Lipinski definition) is 2. The second-order valence-corrected chi connectivity index (χ2v) is 6.68. The van der Waals surface area contributed by atoms with Gasteiger partial charge in [-0.05, 0) is 25.3 Å². The molecule has 2 heteroatoms. The van der Waals surface area contributed by atoms with Crippen molar-refractivity contribution >= 4 is 16.9 Å². The Labute approximate surface area is 98.7 Å². The van der Waals surface area contributed by atoms with Crippen molar-refractivity contribution in [3.8, 4) is 0 Å². The van der Waals surface area contributed by atoms with Crippen LogP contribution in [0.4, 0.5) is 0 Å².